The van der Waals surface area contributed by atoms with E-state index in [1.165, 1.54) is 6.07 Å². The van der Waals surface area contributed by atoms with Gasteiger partial charge < -0.3 is 10.5 Å². The van der Waals surface area contributed by atoms with Crippen molar-refractivity contribution in [2.24, 2.45) is 0 Å². The van der Waals surface area contributed by atoms with Gasteiger partial charge in [-0.1, -0.05) is 0 Å². The van der Waals surface area contributed by atoms with E-state index in [-0.39, 0.29) is 5.82 Å². The quantitative estimate of drug-likeness (QED) is 0.736. The third-order valence-electron chi connectivity index (χ3n) is 1.56. The average molecular weight is 202 g/mol. The third kappa shape index (κ3) is 1.95. The lowest BCUT2D eigenvalue weighted by atomic mass is 10.2. The predicted octanol–water partition coefficient (Wildman–Crippen LogP) is 1.39. The number of aromatic nitrogens is 1. The largest absolute Gasteiger partial charge is 0.464 e. The Balaban J connectivity index is 3.22. The van der Waals surface area contributed by atoms with E-state index >= 15 is 0 Å². The molecule has 6 heteroatoms. The molecule has 1 rings (SSSR count). The highest BCUT2D eigenvalue weighted by atomic mass is 19.3. The number of hydrogen-bond acceptors (Lipinski definition) is 4. The van der Waals surface area contributed by atoms with Crippen molar-refractivity contribution in [1.82, 2.24) is 4.98 Å². The number of pyridine rings is 1. The minimum atomic E-state index is -2.78. The standard InChI is InChI=1S/C8H8F2N2O2/c1-14-8(13)6-4(7(9)10)2-3-5(11)12-6/h2-3,7H,1H3,(H2,11,12). The lowest BCUT2D eigenvalue weighted by Gasteiger charge is -2.06. The molecule has 0 aliphatic heterocycles. The first-order valence-electron chi connectivity index (χ1n) is 3.69. The molecule has 0 radical (unpaired) electrons. The zero-order chi connectivity index (χ0) is 10.7. The molecule has 1 aromatic heterocycles. The summed E-state index contributed by atoms with van der Waals surface area (Å²) in [6.07, 6.45) is -2.78. The van der Waals surface area contributed by atoms with Gasteiger partial charge in [0.25, 0.3) is 6.43 Å². The molecular weight excluding hydrogens is 194 g/mol. The van der Waals surface area contributed by atoms with Gasteiger partial charge in [0, 0.05) is 0 Å². The molecule has 0 aliphatic rings. The molecule has 4 nitrogen and oxygen atoms in total. The number of esters is 1. The number of rotatable bonds is 2. The summed E-state index contributed by atoms with van der Waals surface area (Å²) in [6.45, 7) is 0. The van der Waals surface area contributed by atoms with E-state index in [2.05, 4.69) is 9.72 Å². The number of nitrogens with two attached hydrogens (primary N) is 1. The van der Waals surface area contributed by atoms with Crippen molar-refractivity contribution in [3.63, 3.8) is 0 Å². The van der Waals surface area contributed by atoms with Crippen molar-refractivity contribution in [1.29, 1.82) is 0 Å². The number of ether oxygens (including phenoxy) is 1. The molecule has 0 spiro atoms. The van der Waals surface area contributed by atoms with Gasteiger partial charge in [-0.3, -0.25) is 0 Å². The van der Waals surface area contributed by atoms with E-state index < -0.39 is 23.7 Å². The summed E-state index contributed by atoms with van der Waals surface area (Å²) in [5, 5.41) is 0. The second-order valence-corrected chi connectivity index (χ2v) is 2.47. The highest BCUT2D eigenvalue weighted by Crippen LogP contribution is 2.22. The molecule has 0 saturated heterocycles. The van der Waals surface area contributed by atoms with Gasteiger partial charge in [-0.2, -0.15) is 0 Å². The van der Waals surface area contributed by atoms with Crippen LogP contribution < -0.4 is 5.73 Å². The number of nitrogens with zero attached hydrogens (tertiary/aromatic N) is 1. The summed E-state index contributed by atoms with van der Waals surface area (Å²) in [5.74, 6) is -0.928. The number of anilines is 1. The highest BCUT2D eigenvalue weighted by molar-refractivity contribution is 5.89. The monoisotopic (exact) mass is 202 g/mol. The lowest BCUT2D eigenvalue weighted by molar-refractivity contribution is 0.0582. The van der Waals surface area contributed by atoms with Gasteiger partial charge in [-0.25, -0.2) is 18.6 Å². The molecule has 0 bridgehead atoms. The van der Waals surface area contributed by atoms with Crippen LogP contribution in [0.3, 0.4) is 0 Å². The summed E-state index contributed by atoms with van der Waals surface area (Å²) >= 11 is 0. The maximum Gasteiger partial charge on any atom is 0.357 e. The van der Waals surface area contributed by atoms with Crippen LogP contribution in [0.1, 0.15) is 22.5 Å². The molecule has 0 saturated carbocycles. The van der Waals surface area contributed by atoms with Crippen LogP contribution in [-0.4, -0.2) is 18.1 Å². The van der Waals surface area contributed by atoms with E-state index in [4.69, 9.17) is 5.73 Å². The second kappa shape index (κ2) is 3.99. The summed E-state index contributed by atoms with van der Waals surface area (Å²) in [7, 11) is 1.09. The van der Waals surface area contributed by atoms with Crippen molar-refractivity contribution in [3.05, 3.63) is 23.4 Å². The number of hydrogen-bond donors (Lipinski definition) is 1. The zero-order valence-corrected chi connectivity index (χ0v) is 7.33. The van der Waals surface area contributed by atoms with Crippen LogP contribution in [0.25, 0.3) is 0 Å². The topological polar surface area (TPSA) is 65.2 Å². The Morgan fingerprint density at radius 3 is 2.71 bits per heavy atom. The number of carbonyl (C=O) groups is 1. The van der Waals surface area contributed by atoms with Gasteiger partial charge in [-0.15, -0.1) is 0 Å². The van der Waals surface area contributed by atoms with E-state index in [1.54, 1.807) is 0 Å². The van der Waals surface area contributed by atoms with Crippen molar-refractivity contribution in [3.8, 4) is 0 Å². The zero-order valence-electron chi connectivity index (χ0n) is 7.33. The third-order valence-corrected chi connectivity index (χ3v) is 1.56. The van der Waals surface area contributed by atoms with Crippen LogP contribution in [0.4, 0.5) is 14.6 Å². The SMILES string of the molecule is COC(=O)c1nc(N)ccc1C(F)F. The molecule has 0 amide bonds. The fourth-order valence-corrected chi connectivity index (χ4v) is 0.921. The van der Waals surface area contributed by atoms with Crippen LogP contribution in [0.5, 0.6) is 0 Å². The van der Waals surface area contributed by atoms with E-state index in [1.807, 2.05) is 0 Å². The Bertz CT molecular complexity index is 355. The summed E-state index contributed by atoms with van der Waals surface area (Å²) in [6, 6.07) is 2.26. The lowest BCUT2D eigenvalue weighted by Crippen LogP contribution is -2.10. The summed E-state index contributed by atoms with van der Waals surface area (Å²) < 4.78 is 29.0. The van der Waals surface area contributed by atoms with Gasteiger partial charge in [0.2, 0.25) is 0 Å². The van der Waals surface area contributed by atoms with Crippen molar-refractivity contribution in [2.75, 3.05) is 12.8 Å². The fraction of sp³-hybridized carbons (Fsp3) is 0.250. The minimum absolute atomic E-state index is 0.00481. The molecule has 0 aromatic carbocycles. The normalized spacial score (nSPS) is 10.3. The molecule has 1 aromatic rings. The van der Waals surface area contributed by atoms with Crippen molar-refractivity contribution >= 4 is 11.8 Å². The van der Waals surface area contributed by atoms with Gasteiger partial charge in [0.1, 0.15) is 5.82 Å². The number of nitrogen functional groups attached to an aromatic ring is 1. The maximum atomic E-state index is 12.4. The van der Waals surface area contributed by atoms with Crippen LogP contribution >= 0.6 is 0 Å². The number of alkyl halides is 2. The van der Waals surface area contributed by atoms with E-state index in [0.29, 0.717) is 0 Å². The highest BCUT2D eigenvalue weighted by Gasteiger charge is 2.20. The van der Waals surface area contributed by atoms with Gasteiger partial charge in [0.05, 0.1) is 12.7 Å². The van der Waals surface area contributed by atoms with Crippen LogP contribution in [0.2, 0.25) is 0 Å². The number of carbonyl (C=O) groups excluding carboxylic acids is 1. The Labute approximate surface area is 78.7 Å². The van der Waals surface area contributed by atoms with Crippen LogP contribution in [0, 0.1) is 0 Å². The Kier molecular flexibility index (Phi) is 2.95. The fourth-order valence-electron chi connectivity index (χ4n) is 0.921. The molecule has 14 heavy (non-hydrogen) atoms. The Hall–Kier alpha value is -1.72. The van der Waals surface area contributed by atoms with E-state index in [9.17, 15) is 13.6 Å². The minimum Gasteiger partial charge on any atom is -0.464 e. The average Bonchev–Trinajstić information content (AvgIpc) is 2.16. The van der Waals surface area contributed by atoms with Gasteiger partial charge >= 0.3 is 5.97 Å². The molecule has 0 unspecified atom stereocenters. The predicted molar refractivity (Wildman–Crippen MR) is 44.9 cm³/mol. The molecule has 0 aliphatic carbocycles. The smallest absolute Gasteiger partial charge is 0.357 e. The molecular formula is C8H8F2N2O2. The van der Waals surface area contributed by atoms with Crippen molar-refractivity contribution < 1.29 is 18.3 Å². The maximum absolute atomic E-state index is 12.4. The van der Waals surface area contributed by atoms with Crippen LogP contribution in [-0.2, 0) is 4.74 Å². The molecule has 0 fully saturated rings. The molecule has 0 atom stereocenters. The van der Waals surface area contributed by atoms with Crippen molar-refractivity contribution in [2.45, 2.75) is 6.43 Å². The first-order valence-corrected chi connectivity index (χ1v) is 3.69. The Morgan fingerprint density at radius 1 is 1.57 bits per heavy atom. The molecule has 2 N–H and O–H groups in total. The summed E-state index contributed by atoms with van der Waals surface area (Å²) in [4.78, 5) is 14.5. The Morgan fingerprint density at radius 2 is 2.21 bits per heavy atom. The van der Waals surface area contributed by atoms with Crippen LogP contribution in [0.15, 0.2) is 12.1 Å². The van der Waals surface area contributed by atoms with Gasteiger partial charge in [-0.05, 0) is 12.1 Å². The number of methoxy groups -OCH3 is 1. The van der Waals surface area contributed by atoms with Gasteiger partial charge in [0.15, 0.2) is 5.69 Å². The summed E-state index contributed by atoms with van der Waals surface area (Å²) in [5.41, 5.74) is 4.33. The second-order valence-electron chi connectivity index (χ2n) is 2.47. The first kappa shape index (κ1) is 10.4. The number of halogens is 2. The molecule has 1 heterocycles. The van der Waals surface area contributed by atoms with E-state index in [0.717, 1.165) is 13.2 Å². The first-order chi connectivity index (χ1) is 6.56. The molecule has 76 valence electrons.